The van der Waals surface area contributed by atoms with Crippen LogP contribution in [0.4, 0.5) is 0 Å². The van der Waals surface area contributed by atoms with Crippen LogP contribution in [0.15, 0.2) is 0 Å². The third-order valence-electron chi connectivity index (χ3n) is 1.91. The van der Waals surface area contributed by atoms with Gasteiger partial charge >= 0.3 is 0 Å². The van der Waals surface area contributed by atoms with E-state index in [4.69, 9.17) is 0 Å². The lowest BCUT2D eigenvalue weighted by molar-refractivity contribution is 0.299. The van der Waals surface area contributed by atoms with Crippen molar-refractivity contribution in [3.8, 4) is 0 Å². The van der Waals surface area contributed by atoms with E-state index in [-0.39, 0.29) is 0 Å². The highest BCUT2D eigenvalue weighted by Crippen LogP contribution is 1.96. The van der Waals surface area contributed by atoms with Crippen LogP contribution in [0.25, 0.3) is 0 Å². The molecular weight excluding hydrogens is 132 g/mol. The normalized spacial score (nSPS) is 10.7. The fourth-order valence-corrected chi connectivity index (χ4v) is 1.35. The average Bonchev–Trinajstić information content (AvgIpc) is 2.01. The second kappa shape index (κ2) is 8.19. The summed E-state index contributed by atoms with van der Waals surface area (Å²) in [5.41, 5.74) is 0. The fraction of sp³-hybridized carbons (Fsp3) is 1.00. The summed E-state index contributed by atoms with van der Waals surface area (Å²) in [6.45, 7) is 6.13. The Kier molecular flexibility index (Phi) is 8.26. The molecule has 0 aliphatic heterocycles. The Morgan fingerprint density at radius 2 is 1.55 bits per heavy atom. The van der Waals surface area contributed by atoms with Crippen LogP contribution in [0.5, 0.6) is 0 Å². The smallest absolute Gasteiger partial charge is 0.103 e. The topological polar surface area (TPSA) is 3.24 Å². The number of hydrogen-bond donors (Lipinski definition) is 0. The van der Waals surface area contributed by atoms with Crippen molar-refractivity contribution in [2.45, 2.75) is 32.4 Å². The SMILES string of the molecule is BCCN(CCB)CCCC. The van der Waals surface area contributed by atoms with Gasteiger partial charge < -0.3 is 4.90 Å². The monoisotopic (exact) mass is 153 g/mol. The molecule has 0 heterocycles. The van der Waals surface area contributed by atoms with Gasteiger partial charge in [0.25, 0.3) is 0 Å². The van der Waals surface area contributed by atoms with E-state index < -0.39 is 0 Å². The highest BCUT2D eigenvalue weighted by molar-refractivity contribution is 6.09. The second-order valence-corrected chi connectivity index (χ2v) is 3.20. The molecule has 0 aromatic carbocycles. The summed E-state index contributed by atoms with van der Waals surface area (Å²) in [5, 5.41) is 0. The summed E-state index contributed by atoms with van der Waals surface area (Å²) >= 11 is 0. The maximum Gasteiger partial charge on any atom is 0.103 e. The third-order valence-corrected chi connectivity index (χ3v) is 1.91. The highest BCUT2D eigenvalue weighted by Gasteiger charge is 1.99. The molecule has 11 heavy (non-hydrogen) atoms. The van der Waals surface area contributed by atoms with Crippen molar-refractivity contribution in [2.75, 3.05) is 19.6 Å². The summed E-state index contributed by atoms with van der Waals surface area (Å²) in [6, 6.07) is 0. The molecule has 0 saturated carbocycles. The Labute approximate surface area is 73.4 Å². The van der Waals surface area contributed by atoms with Crippen molar-refractivity contribution in [1.82, 2.24) is 4.90 Å². The molecule has 0 aliphatic rings. The fourth-order valence-electron chi connectivity index (χ4n) is 1.35. The Balaban J connectivity index is 3.34. The van der Waals surface area contributed by atoms with E-state index in [0.29, 0.717) is 0 Å². The van der Waals surface area contributed by atoms with E-state index in [1.54, 1.807) is 0 Å². The van der Waals surface area contributed by atoms with Crippen LogP contribution >= 0.6 is 0 Å². The zero-order chi connectivity index (χ0) is 8.53. The number of hydrogen-bond acceptors (Lipinski definition) is 1. The minimum absolute atomic E-state index is 1.29. The molecule has 0 aromatic heterocycles. The van der Waals surface area contributed by atoms with E-state index in [1.165, 1.54) is 45.1 Å². The van der Waals surface area contributed by atoms with E-state index >= 15 is 0 Å². The van der Waals surface area contributed by atoms with Crippen molar-refractivity contribution in [2.24, 2.45) is 0 Å². The predicted molar refractivity (Wildman–Crippen MR) is 58.1 cm³/mol. The average molecular weight is 153 g/mol. The molecule has 0 aromatic rings. The lowest BCUT2D eigenvalue weighted by Crippen LogP contribution is -2.26. The van der Waals surface area contributed by atoms with Gasteiger partial charge in [0.2, 0.25) is 0 Å². The van der Waals surface area contributed by atoms with Crippen molar-refractivity contribution < 1.29 is 0 Å². The molecule has 64 valence electrons. The van der Waals surface area contributed by atoms with Crippen LogP contribution in [0.2, 0.25) is 12.6 Å². The quantitative estimate of drug-likeness (QED) is 0.472. The van der Waals surface area contributed by atoms with Gasteiger partial charge in [0.1, 0.15) is 15.7 Å². The second-order valence-electron chi connectivity index (χ2n) is 3.20. The van der Waals surface area contributed by atoms with Crippen molar-refractivity contribution in [3.05, 3.63) is 0 Å². The highest BCUT2D eigenvalue weighted by atomic mass is 15.1. The lowest BCUT2D eigenvalue weighted by Gasteiger charge is -2.20. The zero-order valence-corrected chi connectivity index (χ0v) is 8.40. The third kappa shape index (κ3) is 6.49. The first-order valence-corrected chi connectivity index (χ1v) is 5.07. The minimum Gasteiger partial charge on any atom is -0.305 e. The van der Waals surface area contributed by atoms with Crippen molar-refractivity contribution in [1.29, 1.82) is 0 Å². The Morgan fingerprint density at radius 1 is 1.00 bits per heavy atom. The van der Waals surface area contributed by atoms with Gasteiger partial charge in [0, 0.05) is 0 Å². The molecule has 0 amide bonds. The van der Waals surface area contributed by atoms with Crippen LogP contribution in [-0.4, -0.2) is 40.2 Å². The molecule has 0 unspecified atom stereocenters. The first-order valence-electron chi connectivity index (χ1n) is 5.07. The minimum atomic E-state index is 1.29. The summed E-state index contributed by atoms with van der Waals surface area (Å²) in [6.07, 6.45) is 5.28. The molecule has 0 aliphatic carbocycles. The van der Waals surface area contributed by atoms with Crippen LogP contribution < -0.4 is 0 Å². The van der Waals surface area contributed by atoms with Gasteiger partial charge in [-0.3, -0.25) is 0 Å². The molecule has 0 saturated heterocycles. The summed E-state index contributed by atoms with van der Waals surface area (Å²) in [4.78, 5) is 2.57. The number of nitrogens with zero attached hydrogens (tertiary/aromatic N) is 1. The van der Waals surface area contributed by atoms with Crippen LogP contribution in [0.3, 0.4) is 0 Å². The zero-order valence-electron chi connectivity index (χ0n) is 8.40. The van der Waals surface area contributed by atoms with E-state index in [1.807, 2.05) is 0 Å². The Hall–Kier alpha value is 0.0899. The van der Waals surface area contributed by atoms with Gasteiger partial charge in [0.05, 0.1) is 0 Å². The molecule has 1 nitrogen and oxygen atoms in total. The number of rotatable bonds is 7. The molecule has 0 spiro atoms. The molecule has 0 bridgehead atoms. The molecule has 0 radical (unpaired) electrons. The molecule has 0 rings (SSSR count). The maximum absolute atomic E-state index is 2.57. The van der Waals surface area contributed by atoms with Crippen LogP contribution in [0, 0.1) is 0 Å². The van der Waals surface area contributed by atoms with Crippen LogP contribution in [-0.2, 0) is 0 Å². The first kappa shape index (κ1) is 11.1. The van der Waals surface area contributed by atoms with Crippen molar-refractivity contribution >= 4 is 15.7 Å². The molecule has 0 atom stereocenters. The van der Waals surface area contributed by atoms with E-state index in [2.05, 4.69) is 27.5 Å². The summed E-state index contributed by atoms with van der Waals surface area (Å²) < 4.78 is 0. The van der Waals surface area contributed by atoms with Gasteiger partial charge in [-0.15, -0.1) is 0 Å². The van der Waals surface area contributed by atoms with Gasteiger partial charge in [0.15, 0.2) is 0 Å². The summed E-state index contributed by atoms with van der Waals surface area (Å²) in [7, 11) is 4.52. The largest absolute Gasteiger partial charge is 0.305 e. The molecule has 0 N–H and O–H groups in total. The molecular formula is C8H21B2N. The molecule has 3 heteroatoms. The van der Waals surface area contributed by atoms with Gasteiger partial charge in [-0.05, 0) is 26.1 Å². The maximum atomic E-state index is 2.57. The van der Waals surface area contributed by atoms with Gasteiger partial charge in [-0.2, -0.15) is 0 Å². The Bertz CT molecular complexity index is 72.5. The van der Waals surface area contributed by atoms with E-state index in [9.17, 15) is 0 Å². The molecule has 0 fully saturated rings. The van der Waals surface area contributed by atoms with Gasteiger partial charge in [-0.25, -0.2) is 0 Å². The van der Waals surface area contributed by atoms with Crippen LogP contribution in [0.1, 0.15) is 19.8 Å². The first-order chi connectivity index (χ1) is 5.35. The standard InChI is InChI=1S/C8H21B2N/c1-2-3-6-11(7-4-9)8-5-10/h2-10H2,1H3. The van der Waals surface area contributed by atoms with E-state index in [0.717, 1.165) is 0 Å². The number of unbranched alkanes of at least 4 members (excludes halogenated alkanes) is 1. The van der Waals surface area contributed by atoms with Gasteiger partial charge in [-0.1, -0.05) is 26.0 Å². The lowest BCUT2D eigenvalue weighted by atomic mass is 10.0. The Morgan fingerprint density at radius 3 is 1.91 bits per heavy atom. The van der Waals surface area contributed by atoms with Crippen molar-refractivity contribution in [3.63, 3.8) is 0 Å². The predicted octanol–water partition coefficient (Wildman–Crippen LogP) is 0.191. The summed E-state index contributed by atoms with van der Waals surface area (Å²) in [5.74, 6) is 0.